The van der Waals surface area contributed by atoms with E-state index in [1.54, 1.807) is 12.1 Å². The van der Waals surface area contributed by atoms with Crippen molar-refractivity contribution < 1.29 is 4.79 Å². The van der Waals surface area contributed by atoms with Gasteiger partial charge in [0.05, 0.1) is 11.9 Å². The van der Waals surface area contributed by atoms with Crippen molar-refractivity contribution in [2.45, 2.75) is 26.7 Å². The lowest BCUT2D eigenvalue weighted by atomic mass is 9.96. The summed E-state index contributed by atoms with van der Waals surface area (Å²) in [7, 11) is 0. The molecule has 0 amide bonds. The first kappa shape index (κ1) is 10.7. The van der Waals surface area contributed by atoms with Gasteiger partial charge in [0, 0.05) is 5.92 Å². The van der Waals surface area contributed by atoms with Crippen LogP contribution in [-0.2, 0) is 0 Å². The smallest absolute Gasteiger partial charge is 0.184 e. The van der Waals surface area contributed by atoms with Crippen LogP contribution in [0.2, 0.25) is 0 Å². The number of anilines is 1. The number of hydrogen-bond acceptors (Lipinski definition) is 3. The van der Waals surface area contributed by atoms with Crippen LogP contribution in [-0.4, -0.2) is 10.8 Å². The highest BCUT2D eigenvalue weighted by atomic mass is 16.1. The van der Waals surface area contributed by atoms with Crippen LogP contribution in [0.1, 0.15) is 37.2 Å². The molecule has 2 N–H and O–H groups in total. The zero-order valence-electron chi connectivity index (χ0n) is 8.66. The lowest BCUT2D eigenvalue weighted by Gasteiger charge is -2.09. The molecule has 0 aliphatic carbocycles. The quantitative estimate of drug-likeness (QED) is 0.744. The number of pyridine rings is 1. The maximum absolute atomic E-state index is 11.8. The molecule has 0 atom stereocenters. The molecule has 3 nitrogen and oxygen atoms in total. The van der Waals surface area contributed by atoms with E-state index in [1.807, 2.05) is 13.8 Å². The number of carbonyl (C=O) groups excluding carboxylic acids is 1. The SMILES string of the molecule is CCC(CC)C(=O)c1ccc(N)cn1. The Bertz CT molecular complexity index is 302. The molecule has 3 heteroatoms. The summed E-state index contributed by atoms with van der Waals surface area (Å²) in [6.45, 7) is 4.03. The van der Waals surface area contributed by atoms with Gasteiger partial charge in [-0.15, -0.1) is 0 Å². The highest BCUT2D eigenvalue weighted by Gasteiger charge is 2.16. The number of aromatic nitrogens is 1. The van der Waals surface area contributed by atoms with E-state index in [-0.39, 0.29) is 11.7 Å². The molecule has 0 saturated heterocycles. The van der Waals surface area contributed by atoms with Crippen molar-refractivity contribution in [1.29, 1.82) is 0 Å². The number of Topliss-reactive ketones (excluding diaryl/α,β-unsaturated/α-hetero) is 1. The van der Waals surface area contributed by atoms with E-state index in [2.05, 4.69) is 4.98 Å². The topological polar surface area (TPSA) is 56.0 Å². The molecule has 1 aromatic rings. The minimum Gasteiger partial charge on any atom is -0.397 e. The Hall–Kier alpha value is -1.38. The summed E-state index contributed by atoms with van der Waals surface area (Å²) in [4.78, 5) is 15.8. The van der Waals surface area contributed by atoms with E-state index in [1.165, 1.54) is 6.20 Å². The second-order valence-electron chi connectivity index (χ2n) is 3.35. The molecule has 1 aromatic heterocycles. The Morgan fingerprint density at radius 3 is 2.50 bits per heavy atom. The van der Waals surface area contributed by atoms with Gasteiger partial charge in [0.25, 0.3) is 0 Å². The van der Waals surface area contributed by atoms with Crippen molar-refractivity contribution in [2.24, 2.45) is 5.92 Å². The van der Waals surface area contributed by atoms with Gasteiger partial charge in [-0.2, -0.15) is 0 Å². The highest BCUT2D eigenvalue weighted by molar-refractivity contribution is 5.96. The second-order valence-corrected chi connectivity index (χ2v) is 3.35. The molecule has 0 unspecified atom stereocenters. The van der Waals surface area contributed by atoms with E-state index >= 15 is 0 Å². The number of rotatable bonds is 4. The first-order chi connectivity index (χ1) is 6.69. The Balaban J connectivity index is 2.83. The average Bonchev–Trinajstić information content (AvgIpc) is 2.20. The van der Waals surface area contributed by atoms with Crippen LogP contribution in [0, 0.1) is 5.92 Å². The first-order valence-corrected chi connectivity index (χ1v) is 4.94. The van der Waals surface area contributed by atoms with Crippen molar-refractivity contribution in [2.75, 3.05) is 5.73 Å². The molecule has 0 bridgehead atoms. The number of nitrogens with two attached hydrogens (primary N) is 1. The molecule has 1 rings (SSSR count). The summed E-state index contributed by atoms with van der Waals surface area (Å²) in [6.07, 6.45) is 3.25. The fourth-order valence-corrected chi connectivity index (χ4v) is 1.42. The van der Waals surface area contributed by atoms with Gasteiger partial charge >= 0.3 is 0 Å². The maximum Gasteiger partial charge on any atom is 0.184 e. The summed E-state index contributed by atoms with van der Waals surface area (Å²) >= 11 is 0. The summed E-state index contributed by atoms with van der Waals surface area (Å²) < 4.78 is 0. The van der Waals surface area contributed by atoms with E-state index in [0.717, 1.165) is 12.8 Å². The Labute approximate surface area is 84.3 Å². The largest absolute Gasteiger partial charge is 0.397 e. The normalized spacial score (nSPS) is 10.5. The van der Waals surface area contributed by atoms with E-state index in [4.69, 9.17) is 5.73 Å². The number of ketones is 1. The van der Waals surface area contributed by atoms with Crippen LogP contribution in [0.5, 0.6) is 0 Å². The fraction of sp³-hybridized carbons (Fsp3) is 0.455. The standard InChI is InChI=1S/C11H16N2O/c1-3-8(4-2)11(14)10-6-5-9(12)7-13-10/h5-8H,3-4,12H2,1-2H3. The molecule has 1 heterocycles. The van der Waals surface area contributed by atoms with Crippen molar-refractivity contribution >= 4 is 11.5 Å². The lowest BCUT2D eigenvalue weighted by molar-refractivity contribution is 0.0908. The molecule has 0 saturated carbocycles. The third-order valence-electron chi connectivity index (χ3n) is 2.40. The van der Waals surface area contributed by atoms with Gasteiger partial charge in [0.15, 0.2) is 5.78 Å². The van der Waals surface area contributed by atoms with Crippen molar-refractivity contribution in [3.8, 4) is 0 Å². The van der Waals surface area contributed by atoms with E-state index in [9.17, 15) is 4.79 Å². The molecule has 0 aromatic carbocycles. The zero-order valence-corrected chi connectivity index (χ0v) is 8.66. The predicted octanol–water partition coefficient (Wildman–Crippen LogP) is 2.28. The van der Waals surface area contributed by atoms with Crippen LogP contribution in [0.15, 0.2) is 18.3 Å². The fourth-order valence-electron chi connectivity index (χ4n) is 1.42. The molecular weight excluding hydrogens is 176 g/mol. The Morgan fingerprint density at radius 2 is 2.07 bits per heavy atom. The highest BCUT2D eigenvalue weighted by Crippen LogP contribution is 2.14. The van der Waals surface area contributed by atoms with Crippen molar-refractivity contribution in [1.82, 2.24) is 4.98 Å². The van der Waals surface area contributed by atoms with Gasteiger partial charge in [-0.05, 0) is 25.0 Å². The van der Waals surface area contributed by atoms with E-state index < -0.39 is 0 Å². The number of nitrogens with zero attached hydrogens (tertiary/aromatic N) is 1. The molecule has 14 heavy (non-hydrogen) atoms. The molecule has 0 aliphatic heterocycles. The first-order valence-electron chi connectivity index (χ1n) is 4.94. The van der Waals surface area contributed by atoms with Crippen LogP contribution in [0.3, 0.4) is 0 Å². The van der Waals surface area contributed by atoms with Gasteiger partial charge in [-0.25, -0.2) is 0 Å². The van der Waals surface area contributed by atoms with Crippen LogP contribution in [0.4, 0.5) is 5.69 Å². The van der Waals surface area contributed by atoms with Crippen molar-refractivity contribution in [3.63, 3.8) is 0 Å². The number of nitrogen functional groups attached to an aromatic ring is 1. The molecule has 0 radical (unpaired) electrons. The molecule has 0 fully saturated rings. The third kappa shape index (κ3) is 2.31. The summed E-state index contributed by atoms with van der Waals surface area (Å²) in [5, 5.41) is 0. The molecule has 0 spiro atoms. The van der Waals surface area contributed by atoms with Crippen molar-refractivity contribution in [3.05, 3.63) is 24.0 Å². The Morgan fingerprint density at radius 1 is 1.43 bits per heavy atom. The van der Waals surface area contributed by atoms with Gasteiger partial charge in [-0.1, -0.05) is 13.8 Å². The van der Waals surface area contributed by atoms with Crippen LogP contribution < -0.4 is 5.73 Å². The average molecular weight is 192 g/mol. The minimum atomic E-state index is 0.0890. The van der Waals surface area contributed by atoms with Gasteiger partial charge < -0.3 is 5.73 Å². The van der Waals surface area contributed by atoms with Crippen LogP contribution >= 0.6 is 0 Å². The summed E-state index contributed by atoms with van der Waals surface area (Å²) in [5.41, 5.74) is 6.60. The third-order valence-corrected chi connectivity index (χ3v) is 2.40. The number of carbonyl (C=O) groups is 1. The van der Waals surface area contributed by atoms with Gasteiger partial charge in [0.1, 0.15) is 5.69 Å². The lowest BCUT2D eigenvalue weighted by Crippen LogP contribution is -2.14. The molecule has 76 valence electrons. The minimum absolute atomic E-state index is 0.0890. The predicted molar refractivity (Wildman–Crippen MR) is 57.1 cm³/mol. The molecule has 0 aliphatic rings. The number of hydrogen-bond donors (Lipinski definition) is 1. The second kappa shape index (κ2) is 4.74. The maximum atomic E-state index is 11.8. The van der Waals surface area contributed by atoms with Crippen LogP contribution in [0.25, 0.3) is 0 Å². The Kier molecular flexibility index (Phi) is 3.63. The van der Waals surface area contributed by atoms with E-state index in [0.29, 0.717) is 11.4 Å². The summed E-state index contributed by atoms with van der Waals surface area (Å²) in [5.74, 6) is 0.209. The van der Waals surface area contributed by atoms with Gasteiger partial charge in [0.2, 0.25) is 0 Å². The molecular formula is C11H16N2O. The zero-order chi connectivity index (χ0) is 10.6. The monoisotopic (exact) mass is 192 g/mol. The van der Waals surface area contributed by atoms with Gasteiger partial charge in [-0.3, -0.25) is 9.78 Å². The summed E-state index contributed by atoms with van der Waals surface area (Å²) in [6, 6.07) is 3.40.